The van der Waals surface area contributed by atoms with E-state index in [0.29, 0.717) is 16.7 Å². The Morgan fingerprint density at radius 3 is 2.90 bits per heavy atom. The molecular formula is C14H18BrN3O3. The number of carbonyl (C=O) groups excluding carboxylic acids is 1. The Balaban J connectivity index is 1.95. The number of halogens is 1. The van der Waals surface area contributed by atoms with Crippen LogP contribution in [0.25, 0.3) is 0 Å². The number of carboxylic acids is 1. The van der Waals surface area contributed by atoms with Gasteiger partial charge in [-0.1, -0.05) is 0 Å². The molecule has 1 aliphatic heterocycles. The number of rotatable bonds is 4. The van der Waals surface area contributed by atoms with Gasteiger partial charge in [-0.3, -0.25) is 9.69 Å². The van der Waals surface area contributed by atoms with Crippen LogP contribution in [0, 0.1) is 0 Å². The Bertz CT molecular complexity index is 528. The summed E-state index contributed by atoms with van der Waals surface area (Å²) in [6.07, 6.45) is 1.02. The van der Waals surface area contributed by atoms with Crippen molar-refractivity contribution in [3.63, 3.8) is 0 Å². The first kappa shape index (κ1) is 15.9. The minimum Gasteiger partial charge on any atom is -0.478 e. The van der Waals surface area contributed by atoms with Gasteiger partial charge in [0.2, 0.25) is 5.91 Å². The van der Waals surface area contributed by atoms with E-state index in [2.05, 4.69) is 31.5 Å². The Morgan fingerprint density at radius 2 is 2.14 bits per heavy atom. The number of hydrogen-bond acceptors (Lipinski definition) is 4. The van der Waals surface area contributed by atoms with E-state index in [4.69, 9.17) is 5.11 Å². The van der Waals surface area contributed by atoms with Crippen molar-refractivity contribution in [2.75, 3.05) is 38.0 Å². The van der Waals surface area contributed by atoms with Crippen molar-refractivity contribution in [3.05, 3.63) is 28.2 Å². The number of carbonyl (C=O) groups is 2. The second-order valence-electron chi connectivity index (χ2n) is 4.93. The normalized spacial score (nSPS) is 16.2. The molecule has 1 fully saturated rings. The highest BCUT2D eigenvalue weighted by Gasteiger charge is 2.14. The molecule has 114 valence electrons. The lowest BCUT2D eigenvalue weighted by Crippen LogP contribution is -2.35. The molecule has 0 aromatic heterocycles. The minimum absolute atomic E-state index is 0.129. The zero-order valence-electron chi connectivity index (χ0n) is 11.6. The van der Waals surface area contributed by atoms with Crippen LogP contribution >= 0.6 is 15.9 Å². The molecule has 2 rings (SSSR count). The fraction of sp³-hybridized carbons (Fsp3) is 0.429. The Labute approximate surface area is 131 Å². The molecule has 0 radical (unpaired) electrons. The molecule has 1 aromatic carbocycles. The van der Waals surface area contributed by atoms with Crippen molar-refractivity contribution in [3.8, 4) is 0 Å². The third-order valence-corrected chi connectivity index (χ3v) is 3.97. The van der Waals surface area contributed by atoms with Crippen LogP contribution in [0.5, 0.6) is 0 Å². The van der Waals surface area contributed by atoms with Crippen LogP contribution in [-0.2, 0) is 4.79 Å². The number of carboxylic acid groups (broad SMARTS) is 1. The SMILES string of the molecule is O=C(CN1CCCNCC1)Nc1ccc(Br)c(C(=O)O)c1. The third-order valence-electron chi connectivity index (χ3n) is 3.28. The number of amides is 1. The van der Waals surface area contributed by atoms with E-state index in [0.717, 1.165) is 32.6 Å². The number of nitrogens with zero attached hydrogens (tertiary/aromatic N) is 1. The van der Waals surface area contributed by atoms with Crippen LogP contribution in [-0.4, -0.2) is 54.6 Å². The van der Waals surface area contributed by atoms with Crippen LogP contribution in [0.15, 0.2) is 22.7 Å². The molecular weight excluding hydrogens is 338 g/mol. The van der Waals surface area contributed by atoms with Gasteiger partial charge in [-0.25, -0.2) is 4.79 Å². The van der Waals surface area contributed by atoms with E-state index in [1.807, 2.05) is 0 Å². The van der Waals surface area contributed by atoms with Gasteiger partial charge >= 0.3 is 5.97 Å². The minimum atomic E-state index is -1.03. The highest BCUT2D eigenvalue weighted by molar-refractivity contribution is 9.10. The van der Waals surface area contributed by atoms with E-state index in [-0.39, 0.29) is 11.5 Å². The lowest BCUT2D eigenvalue weighted by atomic mass is 10.2. The summed E-state index contributed by atoms with van der Waals surface area (Å²) in [6, 6.07) is 4.75. The Morgan fingerprint density at radius 1 is 1.33 bits per heavy atom. The van der Waals surface area contributed by atoms with Crippen molar-refractivity contribution in [1.82, 2.24) is 10.2 Å². The third kappa shape index (κ3) is 4.80. The van der Waals surface area contributed by atoms with Crippen molar-refractivity contribution in [2.24, 2.45) is 0 Å². The quantitative estimate of drug-likeness (QED) is 0.760. The molecule has 0 unspecified atom stereocenters. The van der Waals surface area contributed by atoms with Crippen LogP contribution in [0.3, 0.4) is 0 Å². The lowest BCUT2D eigenvalue weighted by molar-refractivity contribution is -0.117. The Kier molecular flexibility index (Phi) is 5.72. The van der Waals surface area contributed by atoms with Gasteiger partial charge < -0.3 is 15.7 Å². The van der Waals surface area contributed by atoms with Gasteiger partial charge in [0.05, 0.1) is 12.1 Å². The van der Waals surface area contributed by atoms with E-state index in [1.165, 1.54) is 6.07 Å². The number of nitrogens with one attached hydrogen (secondary N) is 2. The molecule has 0 aliphatic carbocycles. The van der Waals surface area contributed by atoms with Crippen molar-refractivity contribution in [1.29, 1.82) is 0 Å². The summed E-state index contributed by atoms with van der Waals surface area (Å²) in [5.74, 6) is -1.16. The summed E-state index contributed by atoms with van der Waals surface area (Å²) < 4.78 is 0.492. The number of benzene rings is 1. The molecule has 1 amide bonds. The molecule has 0 saturated carbocycles. The second kappa shape index (κ2) is 7.53. The maximum absolute atomic E-state index is 12.0. The zero-order chi connectivity index (χ0) is 15.2. The highest BCUT2D eigenvalue weighted by atomic mass is 79.9. The van der Waals surface area contributed by atoms with Gasteiger partial charge in [-0.05, 0) is 53.6 Å². The molecule has 1 saturated heterocycles. The molecule has 1 aliphatic rings. The highest BCUT2D eigenvalue weighted by Crippen LogP contribution is 2.21. The summed E-state index contributed by atoms with van der Waals surface area (Å²) in [5, 5.41) is 15.1. The number of aromatic carboxylic acids is 1. The van der Waals surface area contributed by atoms with E-state index >= 15 is 0 Å². The topological polar surface area (TPSA) is 81.7 Å². The molecule has 7 heteroatoms. The second-order valence-corrected chi connectivity index (χ2v) is 5.78. The fourth-order valence-corrected chi connectivity index (χ4v) is 2.65. The molecule has 0 spiro atoms. The predicted octanol–water partition coefficient (Wildman–Crippen LogP) is 1.38. The van der Waals surface area contributed by atoms with Crippen molar-refractivity contribution >= 4 is 33.5 Å². The molecule has 1 heterocycles. The molecule has 21 heavy (non-hydrogen) atoms. The first-order valence-corrected chi connectivity index (χ1v) is 7.61. The van der Waals surface area contributed by atoms with Gasteiger partial charge in [0.15, 0.2) is 0 Å². The maximum atomic E-state index is 12.0. The van der Waals surface area contributed by atoms with Gasteiger partial charge in [0, 0.05) is 23.2 Å². The average molecular weight is 356 g/mol. The molecule has 3 N–H and O–H groups in total. The Hall–Kier alpha value is -1.44. The number of hydrogen-bond donors (Lipinski definition) is 3. The molecule has 6 nitrogen and oxygen atoms in total. The lowest BCUT2D eigenvalue weighted by Gasteiger charge is -2.18. The van der Waals surface area contributed by atoms with Gasteiger partial charge in [-0.15, -0.1) is 0 Å². The van der Waals surface area contributed by atoms with Gasteiger partial charge in [0.1, 0.15) is 0 Å². The molecule has 0 atom stereocenters. The van der Waals surface area contributed by atoms with Crippen LogP contribution in [0.2, 0.25) is 0 Å². The number of anilines is 1. The van der Waals surface area contributed by atoms with E-state index < -0.39 is 5.97 Å². The predicted molar refractivity (Wildman–Crippen MR) is 83.7 cm³/mol. The van der Waals surface area contributed by atoms with Crippen LogP contribution in [0.1, 0.15) is 16.8 Å². The standard InChI is InChI=1S/C14H18BrN3O3/c15-12-3-2-10(8-11(12)14(20)21)17-13(19)9-18-6-1-4-16-5-7-18/h2-3,8,16H,1,4-7,9H2,(H,17,19)(H,20,21). The summed E-state index contributed by atoms with van der Waals surface area (Å²) in [6.45, 7) is 3.91. The smallest absolute Gasteiger partial charge is 0.336 e. The largest absolute Gasteiger partial charge is 0.478 e. The summed E-state index contributed by atoms with van der Waals surface area (Å²) in [7, 11) is 0. The zero-order valence-corrected chi connectivity index (χ0v) is 13.1. The van der Waals surface area contributed by atoms with Crippen LogP contribution in [0.4, 0.5) is 5.69 Å². The van der Waals surface area contributed by atoms with Gasteiger partial charge in [0.25, 0.3) is 0 Å². The molecule has 0 bridgehead atoms. The van der Waals surface area contributed by atoms with Crippen molar-refractivity contribution < 1.29 is 14.7 Å². The summed E-state index contributed by atoms with van der Waals surface area (Å²) >= 11 is 3.18. The van der Waals surface area contributed by atoms with Crippen LogP contribution < -0.4 is 10.6 Å². The first-order valence-electron chi connectivity index (χ1n) is 6.82. The first-order chi connectivity index (χ1) is 10.1. The van der Waals surface area contributed by atoms with E-state index in [1.54, 1.807) is 12.1 Å². The summed E-state index contributed by atoms with van der Waals surface area (Å²) in [5.41, 5.74) is 0.625. The molecule has 1 aromatic rings. The van der Waals surface area contributed by atoms with E-state index in [9.17, 15) is 9.59 Å². The summed E-state index contributed by atoms with van der Waals surface area (Å²) in [4.78, 5) is 25.2. The monoisotopic (exact) mass is 355 g/mol. The average Bonchev–Trinajstić information content (AvgIpc) is 2.69. The fourth-order valence-electron chi connectivity index (χ4n) is 2.23. The van der Waals surface area contributed by atoms with Crippen molar-refractivity contribution in [2.45, 2.75) is 6.42 Å². The maximum Gasteiger partial charge on any atom is 0.336 e. The van der Waals surface area contributed by atoms with Gasteiger partial charge in [-0.2, -0.15) is 0 Å².